The van der Waals surface area contributed by atoms with Crippen LogP contribution in [0.15, 0.2) is 72.8 Å². The normalized spacial score (nSPS) is 14.8. The van der Waals surface area contributed by atoms with Gasteiger partial charge in [0.1, 0.15) is 0 Å². The molecule has 20 heavy (non-hydrogen) atoms. The van der Waals surface area contributed by atoms with Gasteiger partial charge in [-0.25, -0.2) is 0 Å². The highest BCUT2D eigenvalue weighted by molar-refractivity contribution is 7.81. The lowest BCUT2D eigenvalue weighted by Crippen LogP contribution is -2.10. The molecule has 1 aliphatic rings. The summed E-state index contributed by atoms with van der Waals surface area (Å²) in [6, 6.07) is 19.4. The van der Waals surface area contributed by atoms with E-state index in [9.17, 15) is 4.79 Å². The van der Waals surface area contributed by atoms with E-state index in [0.29, 0.717) is 10.4 Å². The fourth-order valence-electron chi connectivity index (χ4n) is 2.25. The van der Waals surface area contributed by atoms with Gasteiger partial charge in [0.15, 0.2) is 5.78 Å². The van der Waals surface area contributed by atoms with Gasteiger partial charge < -0.3 is 0 Å². The average Bonchev–Trinajstić information content (AvgIpc) is 2.51. The first-order valence-corrected chi connectivity index (χ1v) is 6.79. The Bertz CT molecular complexity index is 659. The largest absolute Gasteiger partial charge is 0.289 e. The van der Waals surface area contributed by atoms with Gasteiger partial charge in [0.2, 0.25) is 0 Å². The van der Waals surface area contributed by atoms with Gasteiger partial charge in [0, 0.05) is 16.0 Å². The fraction of sp³-hybridized carbons (Fsp3) is 0. The number of thiocarbonyl (C=S) groups is 1. The van der Waals surface area contributed by atoms with Gasteiger partial charge in [-0.3, -0.25) is 4.79 Å². The highest BCUT2D eigenvalue weighted by Gasteiger charge is 2.19. The van der Waals surface area contributed by atoms with Gasteiger partial charge >= 0.3 is 0 Å². The van der Waals surface area contributed by atoms with Crippen LogP contribution < -0.4 is 0 Å². The van der Waals surface area contributed by atoms with Crippen molar-refractivity contribution in [1.29, 1.82) is 0 Å². The standard InChI is InChI=1S/C18H12OS/c19-17-11-16(14-9-5-2-6-10-14)18(20)12-15(17)13-7-3-1-4-8-13/h1-12H. The van der Waals surface area contributed by atoms with E-state index in [1.54, 1.807) is 12.2 Å². The van der Waals surface area contributed by atoms with Crippen LogP contribution in [0, 0.1) is 0 Å². The number of carbonyl (C=O) groups is 1. The van der Waals surface area contributed by atoms with Crippen LogP contribution >= 0.6 is 12.2 Å². The smallest absolute Gasteiger partial charge is 0.187 e. The molecule has 96 valence electrons. The number of hydrogen-bond acceptors (Lipinski definition) is 2. The number of rotatable bonds is 2. The quantitative estimate of drug-likeness (QED) is 0.768. The van der Waals surface area contributed by atoms with E-state index in [1.165, 1.54) is 0 Å². The van der Waals surface area contributed by atoms with Crippen LogP contribution in [0.25, 0.3) is 11.1 Å². The zero-order chi connectivity index (χ0) is 13.9. The van der Waals surface area contributed by atoms with Gasteiger partial charge in [0.25, 0.3) is 0 Å². The Kier molecular flexibility index (Phi) is 3.40. The summed E-state index contributed by atoms with van der Waals surface area (Å²) in [5.74, 6) is 0.00338. The molecule has 1 nitrogen and oxygen atoms in total. The van der Waals surface area contributed by atoms with Crippen LogP contribution in [0.4, 0.5) is 0 Å². The summed E-state index contributed by atoms with van der Waals surface area (Å²) >= 11 is 5.44. The monoisotopic (exact) mass is 276 g/mol. The summed E-state index contributed by atoms with van der Waals surface area (Å²) in [6.07, 6.45) is 3.44. The van der Waals surface area contributed by atoms with E-state index >= 15 is 0 Å². The third-order valence-electron chi connectivity index (χ3n) is 3.25. The van der Waals surface area contributed by atoms with Crippen molar-refractivity contribution in [2.75, 3.05) is 0 Å². The molecule has 2 aromatic carbocycles. The molecule has 0 unspecified atom stereocenters. The minimum Gasteiger partial charge on any atom is -0.289 e. The van der Waals surface area contributed by atoms with Gasteiger partial charge in [-0.1, -0.05) is 72.9 Å². The molecule has 0 aliphatic heterocycles. The zero-order valence-corrected chi connectivity index (χ0v) is 11.6. The topological polar surface area (TPSA) is 17.1 Å². The summed E-state index contributed by atoms with van der Waals surface area (Å²) < 4.78 is 0. The van der Waals surface area contributed by atoms with Crippen molar-refractivity contribution in [1.82, 2.24) is 0 Å². The zero-order valence-electron chi connectivity index (χ0n) is 10.7. The van der Waals surface area contributed by atoms with Crippen molar-refractivity contribution < 1.29 is 4.79 Å². The molecule has 0 radical (unpaired) electrons. The van der Waals surface area contributed by atoms with E-state index < -0.39 is 0 Å². The average molecular weight is 276 g/mol. The molecule has 0 N–H and O–H groups in total. The van der Waals surface area contributed by atoms with Crippen LogP contribution in [-0.4, -0.2) is 10.6 Å². The molecule has 3 rings (SSSR count). The fourth-order valence-corrected chi connectivity index (χ4v) is 2.54. The van der Waals surface area contributed by atoms with Crippen LogP contribution in [0.3, 0.4) is 0 Å². The molecule has 0 atom stereocenters. The summed E-state index contributed by atoms with van der Waals surface area (Å²) in [5.41, 5.74) is 3.37. The molecule has 0 spiro atoms. The Hall–Kier alpha value is -2.32. The van der Waals surface area contributed by atoms with Gasteiger partial charge in [-0.2, -0.15) is 0 Å². The van der Waals surface area contributed by atoms with Crippen LogP contribution in [0.2, 0.25) is 0 Å². The Morgan fingerprint density at radius 1 is 0.650 bits per heavy atom. The molecule has 0 amide bonds. The maximum atomic E-state index is 12.3. The van der Waals surface area contributed by atoms with E-state index in [4.69, 9.17) is 12.2 Å². The molecule has 0 saturated heterocycles. The molecule has 2 aromatic rings. The summed E-state index contributed by atoms with van der Waals surface area (Å²) in [7, 11) is 0. The maximum absolute atomic E-state index is 12.3. The van der Waals surface area contributed by atoms with Crippen molar-refractivity contribution in [2.45, 2.75) is 0 Å². The van der Waals surface area contributed by atoms with E-state index in [2.05, 4.69) is 0 Å². The number of allylic oxidation sites excluding steroid dienone is 4. The van der Waals surface area contributed by atoms with Crippen molar-refractivity contribution in [3.63, 3.8) is 0 Å². The molecule has 0 bridgehead atoms. The molecular weight excluding hydrogens is 264 g/mol. The first-order valence-electron chi connectivity index (χ1n) is 6.38. The van der Waals surface area contributed by atoms with Crippen LogP contribution in [-0.2, 0) is 4.79 Å². The van der Waals surface area contributed by atoms with Gasteiger partial charge in [-0.15, -0.1) is 0 Å². The highest BCUT2D eigenvalue weighted by Crippen LogP contribution is 2.27. The van der Waals surface area contributed by atoms with Crippen molar-refractivity contribution in [3.8, 4) is 0 Å². The second-order valence-corrected chi connectivity index (χ2v) is 5.02. The molecule has 0 fully saturated rings. The lowest BCUT2D eigenvalue weighted by molar-refractivity contribution is -0.109. The van der Waals surface area contributed by atoms with Gasteiger partial charge in [-0.05, 0) is 23.3 Å². The SMILES string of the molecule is O=C1C=C(c2ccccc2)C(=S)C=C1c1ccccc1. The Morgan fingerprint density at radius 3 is 1.70 bits per heavy atom. The molecule has 1 aliphatic carbocycles. The third kappa shape index (κ3) is 2.38. The van der Waals surface area contributed by atoms with Crippen molar-refractivity contribution >= 4 is 34.0 Å². The molecule has 2 heteroatoms. The van der Waals surface area contributed by atoms with Gasteiger partial charge in [0.05, 0.1) is 0 Å². The highest BCUT2D eigenvalue weighted by atomic mass is 32.1. The maximum Gasteiger partial charge on any atom is 0.187 e. The second-order valence-electron chi connectivity index (χ2n) is 4.58. The summed E-state index contributed by atoms with van der Waals surface area (Å²) in [4.78, 5) is 13.0. The predicted octanol–water partition coefficient (Wildman–Crippen LogP) is 4.11. The molecule has 0 heterocycles. The number of ketones is 1. The predicted molar refractivity (Wildman–Crippen MR) is 86.4 cm³/mol. The first kappa shape index (κ1) is 12.7. The lowest BCUT2D eigenvalue weighted by atomic mass is 9.90. The van der Waals surface area contributed by atoms with Crippen molar-refractivity contribution in [2.24, 2.45) is 0 Å². The van der Waals surface area contributed by atoms with Crippen LogP contribution in [0.5, 0.6) is 0 Å². The van der Waals surface area contributed by atoms with E-state index in [0.717, 1.165) is 16.7 Å². The molecule has 0 aromatic heterocycles. The second kappa shape index (κ2) is 5.35. The Balaban J connectivity index is 2.00. The van der Waals surface area contributed by atoms with Crippen molar-refractivity contribution in [3.05, 3.63) is 83.9 Å². The summed E-state index contributed by atoms with van der Waals surface area (Å²) in [5, 5.41) is 0. The first-order chi connectivity index (χ1) is 9.75. The number of benzene rings is 2. The molecular formula is C18H12OS. The lowest BCUT2D eigenvalue weighted by Gasteiger charge is -2.14. The summed E-state index contributed by atoms with van der Waals surface area (Å²) in [6.45, 7) is 0. The van der Waals surface area contributed by atoms with E-state index in [1.807, 2.05) is 60.7 Å². The number of hydrogen-bond donors (Lipinski definition) is 0. The van der Waals surface area contributed by atoms with E-state index in [-0.39, 0.29) is 5.78 Å². The number of carbonyl (C=O) groups excluding carboxylic acids is 1. The van der Waals surface area contributed by atoms with Crippen LogP contribution in [0.1, 0.15) is 11.1 Å². The third-order valence-corrected chi connectivity index (χ3v) is 3.59. The minimum absolute atomic E-state index is 0.00338. The minimum atomic E-state index is 0.00338. The molecule has 0 saturated carbocycles. The Labute approximate surface area is 123 Å². The Morgan fingerprint density at radius 2 is 1.15 bits per heavy atom.